The third kappa shape index (κ3) is 2.50. The monoisotopic (exact) mass is 235 g/mol. The molecule has 1 aliphatic rings. The Bertz CT molecular complexity index is 428. The lowest BCUT2D eigenvalue weighted by atomic mass is 10.00. The third-order valence-corrected chi connectivity index (χ3v) is 3.07. The van der Waals surface area contributed by atoms with Gasteiger partial charge in [-0.25, -0.2) is 4.39 Å². The van der Waals surface area contributed by atoms with Crippen molar-refractivity contribution in [3.05, 3.63) is 47.0 Å². The zero-order valence-corrected chi connectivity index (χ0v) is 10.3. The van der Waals surface area contributed by atoms with Crippen LogP contribution in [0.5, 0.6) is 0 Å². The van der Waals surface area contributed by atoms with E-state index in [1.807, 2.05) is 25.3 Å². The normalized spacial score (nSPS) is 17.2. The lowest BCUT2D eigenvalue weighted by Crippen LogP contribution is -2.23. The van der Waals surface area contributed by atoms with E-state index in [4.69, 9.17) is 4.74 Å². The molecule has 3 heteroatoms. The van der Waals surface area contributed by atoms with E-state index in [-0.39, 0.29) is 11.9 Å². The first-order chi connectivity index (χ1) is 8.24. The summed E-state index contributed by atoms with van der Waals surface area (Å²) >= 11 is 0. The molecule has 2 rings (SSSR count). The molecule has 1 aromatic rings. The van der Waals surface area contributed by atoms with Gasteiger partial charge in [-0.15, -0.1) is 0 Å². The van der Waals surface area contributed by atoms with Crippen molar-refractivity contribution in [2.45, 2.75) is 25.8 Å². The number of halogens is 1. The van der Waals surface area contributed by atoms with Gasteiger partial charge < -0.3 is 10.1 Å². The van der Waals surface area contributed by atoms with Crippen LogP contribution in [0.2, 0.25) is 0 Å². The minimum absolute atomic E-state index is 0.151. The van der Waals surface area contributed by atoms with Crippen molar-refractivity contribution in [1.82, 2.24) is 5.32 Å². The molecule has 0 fully saturated rings. The second kappa shape index (κ2) is 5.32. The van der Waals surface area contributed by atoms with Crippen molar-refractivity contribution >= 4 is 0 Å². The predicted octanol–water partition coefficient (Wildman–Crippen LogP) is 3.09. The molecule has 1 N–H and O–H groups in total. The Morgan fingerprint density at radius 2 is 2.24 bits per heavy atom. The Morgan fingerprint density at radius 1 is 1.41 bits per heavy atom. The number of hydrogen-bond donors (Lipinski definition) is 1. The average Bonchev–Trinajstić information content (AvgIpc) is 2.37. The highest BCUT2D eigenvalue weighted by molar-refractivity contribution is 5.32. The molecular weight excluding hydrogens is 217 g/mol. The van der Waals surface area contributed by atoms with E-state index < -0.39 is 0 Å². The zero-order chi connectivity index (χ0) is 12.3. The summed E-state index contributed by atoms with van der Waals surface area (Å²) in [7, 11) is 1.82. The maximum Gasteiger partial charge on any atom is 0.131 e. The highest BCUT2D eigenvalue weighted by Gasteiger charge is 2.21. The van der Waals surface area contributed by atoms with E-state index in [1.165, 1.54) is 0 Å². The number of allylic oxidation sites excluding steroid dienone is 1. The van der Waals surface area contributed by atoms with Crippen molar-refractivity contribution in [2.24, 2.45) is 0 Å². The van der Waals surface area contributed by atoms with E-state index in [0.29, 0.717) is 11.1 Å². The highest BCUT2D eigenvalue weighted by atomic mass is 19.1. The maximum atomic E-state index is 14.1. The molecule has 1 aliphatic heterocycles. The van der Waals surface area contributed by atoms with Gasteiger partial charge in [0.1, 0.15) is 11.6 Å². The molecule has 0 saturated heterocycles. The molecule has 0 saturated carbocycles. The smallest absolute Gasteiger partial charge is 0.131 e. The summed E-state index contributed by atoms with van der Waals surface area (Å²) in [5, 5.41) is 3.12. The van der Waals surface area contributed by atoms with Crippen molar-refractivity contribution in [3.63, 3.8) is 0 Å². The second-order valence-electron chi connectivity index (χ2n) is 4.30. The standard InChI is InChI=1S/C14H18FNO/c1-10-6-5-7-11(13(10)15)14(16-2)12-8-3-4-9-17-12/h5-8,14,16H,3-4,9H2,1-2H3. The molecule has 0 radical (unpaired) electrons. The number of aryl methyl sites for hydroxylation is 1. The summed E-state index contributed by atoms with van der Waals surface area (Å²) in [5.41, 5.74) is 1.32. The van der Waals surface area contributed by atoms with Gasteiger partial charge in [-0.05, 0) is 38.5 Å². The van der Waals surface area contributed by atoms with Crippen LogP contribution in [-0.2, 0) is 4.74 Å². The molecule has 92 valence electrons. The van der Waals surface area contributed by atoms with Gasteiger partial charge in [0, 0.05) is 5.56 Å². The van der Waals surface area contributed by atoms with Crippen LogP contribution in [0.4, 0.5) is 4.39 Å². The Labute approximate surface area is 101 Å². The van der Waals surface area contributed by atoms with Crippen molar-refractivity contribution in [1.29, 1.82) is 0 Å². The summed E-state index contributed by atoms with van der Waals surface area (Å²) in [6, 6.07) is 5.28. The molecule has 17 heavy (non-hydrogen) atoms. The SMILES string of the molecule is CNC(C1=CCCCO1)c1cccc(C)c1F. The lowest BCUT2D eigenvalue weighted by molar-refractivity contribution is 0.168. The molecular formula is C14H18FNO. The molecule has 0 bridgehead atoms. The van der Waals surface area contributed by atoms with Gasteiger partial charge in [-0.3, -0.25) is 0 Å². The van der Waals surface area contributed by atoms with Gasteiger partial charge in [0.2, 0.25) is 0 Å². The minimum Gasteiger partial charge on any atom is -0.496 e. The Balaban J connectivity index is 2.34. The fourth-order valence-corrected chi connectivity index (χ4v) is 2.12. The van der Waals surface area contributed by atoms with Crippen LogP contribution in [0.15, 0.2) is 30.0 Å². The molecule has 0 spiro atoms. The zero-order valence-electron chi connectivity index (χ0n) is 10.3. The van der Waals surface area contributed by atoms with Crippen LogP contribution >= 0.6 is 0 Å². The predicted molar refractivity (Wildman–Crippen MR) is 66.2 cm³/mol. The van der Waals surface area contributed by atoms with E-state index in [0.717, 1.165) is 25.2 Å². The first kappa shape index (κ1) is 12.1. The molecule has 1 aromatic carbocycles. The van der Waals surface area contributed by atoms with Gasteiger partial charge in [-0.2, -0.15) is 0 Å². The van der Waals surface area contributed by atoms with Crippen molar-refractivity contribution in [2.75, 3.05) is 13.7 Å². The molecule has 2 nitrogen and oxygen atoms in total. The van der Waals surface area contributed by atoms with Crippen LogP contribution in [-0.4, -0.2) is 13.7 Å². The van der Waals surface area contributed by atoms with Gasteiger partial charge >= 0.3 is 0 Å². The summed E-state index contributed by atoms with van der Waals surface area (Å²) in [6.07, 6.45) is 4.09. The molecule has 1 unspecified atom stereocenters. The van der Waals surface area contributed by atoms with E-state index in [9.17, 15) is 4.39 Å². The largest absolute Gasteiger partial charge is 0.496 e. The molecule has 0 aliphatic carbocycles. The highest BCUT2D eigenvalue weighted by Crippen LogP contribution is 2.28. The van der Waals surface area contributed by atoms with E-state index >= 15 is 0 Å². The first-order valence-electron chi connectivity index (χ1n) is 5.99. The molecule has 1 heterocycles. The Kier molecular flexibility index (Phi) is 3.79. The van der Waals surface area contributed by atoms with Gasteiger partial charge in [-0.1, -0.05) is 18.2 Å². The fourth-order valence-electron chi connectivity index (χ4n) is 2.12. The quantitative estimate of drug-likeness (QED) is 0.869. The number of hydrogen-bond acceptors (Lipinski definition) is 2. The van der Waals surface area contributed by atoms with Crippen molar-refractivity contribution < 1.29 is 9.13 Å². The lowest BCUT2D eigenvalue weighted by Gasteiger charge is -2.24. The van der Waals surface area contributed by atoms with Crippen LogP contribution in [0.1, 0.15) is 30.0 Å². The minimum atomic E-state index is -0.185. The topological polar surface area (TPSA) is 21.3 Å². The summed E-state index contributed by atoms with van der Waals surface area (Å²) in [5.74, 6) is 0.685. The maximum absolute atomic E-state index is 14.1. The van der Waals surface area contributed by atoms with Crippen molar-refractivity contribution in [3.8, 4) is 0 Å². The number of nitrogens with one attached hydrogen (secondary N) is 1. The van der Waals surface area contributed by atoms with Crippen LogP contribution < -0.4 is 5.32 Å². The van der Waals surface area contributed by atoms with Gasteiger partial charge in [0.15, 0.2) is 0 Å². The number of rotatable bonds is 3. The second-order valence-corrected chi connectivity index (χ2v) is 4.30. The number of ether oxygens (including phenoxy) is 1. The Hall–Kier alpha value is -1.35. The molecule has 0 aromatic heterocycles. The fraction of sp³-hybridized carbons (Fsp3) is 0.429. The third-order valence-electron chi connectivity index (χ3n) is 3.07. The number of likely N-dealkylation sites (N-methyl/N-ethyl adjacent to an activating group) is 1. The van der Waals surface area contributed by atoms with Crippen LogP contribution in [0, 0.1) is 12.7 Å². The Morgan fingerprint density at radius 3 is 2.88 bits per heavy atom. The first-order valence-corrected chi connectivity index (χ1v) is 5.99. The summed E-state index contributed by atoms with van der Waals surface area (Å²) < 4.78 is 19.7. The number of benzene rings is 1. The molecule has 0 amide bonds. The average molecular weight is 235 g/mol. The summed E-state index contributed by atoms with van der Waals surface area (Å²) in [4.78, 5) is 0. The van der Waals surface area contributed by atoms with Gasteiger partial charge in [0.25, 0.3) is 0 Å². The van der Waals surface area contributed by atoms with Crippen LogP contribution in [0.25, 0.3) is 0 Å². The van der Waals surface area contributed by atoms with E-state index in [2.05, 4.69) is 5.32 Å². The summed E-state index contributed by atoms with van der Waals surface area (Å²) in [6.45, 7) is 2.50. The van der Waals surface area contributed by atoms with Crippen LogP contribution in [0.3, 0.4) is 0 Å². The van der Waals surface area contributed by atoms with Gasteiger partial charge in [0.05, 0.1) is 12.6 Å². The molecule has 1 atom stereocenters. The van der Waals surface area contributed by atoms with E-state index in [1.54, 1.807) is 13.0 Å².